The first kappa shape index (κ1) is 13.5. The fraction of sp³-hybridized carbons (Fsp3) is 0.417. The Morgan fingerprint density at radius 2 is 1.88 bits per heavy atom. The molecule has 0 heterocycles. The van der Waals surface area contributed by atoms with Crippen LogP contribution in [0.5, 0.6) is 5.75 Å². The Bertz CT molecular complexity index is 351. The first-order valence-corrected chi connectivity index (χ1v) is 5.27. The number of rotatable bonds is 8. The summed E-state index contributed by atoms with van der Waals surface area (Å²) in [5, 5.41) is 8.91. The summed E-state index contributed by atoms with van der Waals surface area (Å²) >= 11 is 0. The maximum absolute atomic E-state index is 10.9. The molecule has 1 N–H and O–H groups in total. The van der Waals surface area contributed by atoms with Gasteiger partial charge in [-0.1, -0.05) is 12.1 Å². The van der Waals surface area contributed by atoms with Crippen LogP contribution >= 0.6 is 0 Å². The van der Waals surface area contributed by atoms with Crippen LogP contribution in [0.25, 0.3) is 0 Å². The van der Waals surface area contributed by atoms with Crippen LogP contribution in [0, 0.1) is 0 Å². The molecule has 1 aromatic rings. The monoisotopic (exact) mass is 240 g/mol. The van der Waals surface area contributed by atoms with Crippen LogP contribution in [0.15, 0.2) is 24.3 Å². The number of hydrogen-bond donors (Lipinski definition) is 1. The number of hydrogen-bond acceptors (Lipinski definition) is 4. The van der Waals surface area contributed by atoms with E-state index in [0.29, 0.717) is 32.2 Å². The summed E-state index contributed by atoms with van der Waals surface area (Å²) in [7, 11) is 1.60. The summed E-state index contributed by atoms with van der Waals surface area (Å²) in [5.74, 6) is -0.642. The van der Waals surface area contributed by atoms with E-state index in [2.05, 4.69) is 0 Å². The summed E-state index contributed by atoms with van der Waals surface area (Å²) in [6.07, 6.45) is 0. The fourth-order valence-electron chi connectivity index (χ4n) is 1.22. The fourth-order valence-corrected chi connectivity index (χ4v) is 1.22. The van der Waals surface area contributed by atoms with Gasteiger partial charge < -0.3 is 19.3 Å². The Hall–Kier alpha value is -1.59. The number of ether oxygens (including phenoxy) is 3. The van der Waals surface area contributed by atoms with Crippen LogP contribution in [0.2, 0.25) is 0 Å². The lowest BCUT2D eigenvalue weighted by atomic mass is 10.2. The molecule has 0 aromatic heterocycles. The van der Waals surface area contributed by atoms with Gasteiger partial charge in [-0.15, -0.1) is 0 Å². The highest BCUT2D eigenvalue weighted by molar-refractivity contribution is 5.90. The zero-order valence-electron chi connectivity index (χ0n) is 9.72. The normalized spacial score (nSPS) is 10.2. The summed E-state index contributed by atoms with van der Waals surface area (Å²) in [5.41, 5.74) is 0.157. The van der Waals surface area contributed by atoms with Crippen molar-refractivity contribution in [1.82, 2.24) is 0 Å². The predicted octanol–water partition coefficient (Wildman–Crippen LogP) is 1.43. The van der Waals surface area contributed by atoms with Crippen LogP contribution < -0.4 is 4.74 Å². The number of methoxy groups -OCH3 is 1. The molecule has 5 nitrogen and oxygen atoms in total. The SMILES string of the molecule is COCCOCCOc1ccccc1C(=O)O. The van der Waals surface area contributed by atoms with Gasteiger partial charge in [0.15, 0.2) is 0 Å². The zero-order valence-corrected chi connectivity index (χ0v) is 9.72. The molecule has 1 rings (SSSR count). The third kappa shape index (κ3) is 4.84. The molecule has 0 fully saturated rings. The quantitative estimate of drug-likeness (QED) is 0.696. The molecule has 0 radical (unpaired) electrons. The zero-order chi connectivity index (χ0) is 12.5. The van der Waals surface area contributed by atoms with E-state index in [4.69, 9.17) is 19.3 Å². The van der Waals surface area contributed by atoms with E-state index in [-0.39, 0.29) is 5.56 Å². The maximum Gasteiger partial charge on any atom is 0.339 e. The van der Waals surface area contributed by atoms with Crippen LogP contribution in [0.3, 0.4) is 0 Å². The van der Waals surface area contributed by atoms with Gasteiger partial charge in [-0.25, -0.2) is 4.79 Å². The summed E-state index contributed by atoms with van der Waals surface area (Å²) in [6.45, 7) is 1.75. The number of carbonyl (C=O) groups is 1. The van der Waals surface area contributed by atoms with Crippen molar-refractivity contribution < 1.29 is 24.1 Å². The minimum atomic E-state index is -0.999. The molecule has 0 atom stereocenters. The summed E-state index contributed by atoms with van der Waals surface area (Å²) in [6, 6.07) is 6.51. The smallest absolute Gasteiger partial charge is 0.339 e. The third-order valence-electron chi connectivity index (χ3n) is 2.03. The Balaban J connectivity index is 2.34. The highest BCUT2D eigenvalue weighted by Crippen LogP contribution is 2.17. The highest BCUT2D eigenvalue weighted by atomic mass is 16.5. The Morgan fingerprint density at radius 1 is 1.18 bits per heavy atom. The van der Waals surface area contributed by atoms with Gasteiger partial charge in [0.25, 0.3) is 0 Å². The third-order valence-corrected chi connectivity index (χ3v) is 2.03. The van der Waals surface area contributed by atoms with Gasteiger partial charge >= 0.3 is 5.97 Å². The van der Waals surface area contributed by atoms with Crippen molar-refractivity contribution in [2.24, 2.45) is 0 Å². The molecule has 5 heteroatoms. The van der Waals surface area contributed by atoms with Gasteiger partial charge in [0.1, 0.15) is 17.9 Å². The second kappa shape index (κ2) is 7.65. The molecule has 17 heavy (non-hydrogen) atoms. The first-order valence-electron chi connectivity index (χ1n) is 5.27. The van der Waals surface area contributed by atoms with Gasteiger partial charge in [-0.3, -0.25) is 0 Å². The molecule has 0 aliphatic rings. The lowest BCUT2D eigenvalue weighted by Gasteiger charge is -2.09. The van der Waals surface area contributed by atoms with E-state index in [1.807, 2.05) is 0 Å². The van der Waals surface area contributed by atoms with Crippen molar-refractivity contribution in [3.63, 3.8) is 0 Å². The van der Waals surface area contributed by atoms with Gasteiger partial charge in [0.2, 0.25) is 0 Å². The van der Waals surface area contributed by atoms with Gasteiger partial charge in [0, 0.05) is 7.11 Å². The lowest BCUT2D eigenvalue weighted by Crippen LogP contribution is -2.11. The lowest BCUT2D eigenvalue weighted by molar-refractivity contribution is 0.0535. The van der Waals surface area contributed by atoms with E-state index < -0.39 is 5.97 Å². The van der Waals surface area contributed by atoms with Crippen molar-refractivity contribution in [1.29, 1.82) is 0 Å². The number of benzene rings is 1. The summed E-state index contributed by atoms with van der Waals surface area (Å²) < 4.78 is 15.3. The van der Waals surface area contributed by atoms with Crippen LogP contribution in [0.4, 0.5) is 0 Å². The maximum atomic E-state index is 10.9. The molecular weight excluding hydrogens is 224 g/mol. The molecule has 0 unspecified atom stereocenters. The van der Waals surface area contributed by atoms with E-state index in [1.165, 1.54) is 6.07 Å². The number of para-hydroxylation sites is 1. The molecule has 0 saturated heterocycles. The minimum absolute atomic E-state index is 0.157. The predicted molar refractivity (Wildman–Crippen MR) is 61.6 cm³/mol. The second-order valence-corrected chi connectivity index (χ2v) is 3.25. The molecular formula is C12H16O5. The highest BCUT2D eigenvalue weighted by Gasteiger charge is 2.09. The Kier molecular flexibility index (Phi) is 6.06. The topological polar surface area (TPSA) is 65.0 Å². The molecule has 0 saturated carbocycles. The van der Waals surface area contributed by atoms with Crippen LogP contribution in [0.1, 0.15) is 10.4 Å². The number of carboxylic acid groups (broad SMARTS) is 1. The Labute approximate surface area is 99.9 Å². The first-order chi connectivity index (χ1) is 8.25. The molecule has 0 bridgehead atoms. The minimum Gasteiger partial charge on any atom is -0.490 e. The van der Waals surface area contributed by atoms with Crippen LogP contribution in [-0.4, -0.2) is 44.6 Å². The second-order valence-electron chi connectivity index (χ2n) is 3.25. The number of carboxylic acids is 1. The standard InChI is InChI=1S/C12H16O5/c1-15-6-7-16-8-9-17-11-5-3-2-4-10(11)12(13)14/h2-5H,6-9H2,1H3,(H,13,14). The van der Waals surface area contributed by atoms with Gasteiger partial charge in [-0.05, 0) is 12.1 Å². The average molecular weight is 240 g/mol. The average Bonchev–Trinajstić information content (AvgIpc) is 2.34. The largest absolute Gasteiger partial charge is 0.490 e. The van der Waals surface area contributed by atoms with E-state index >= 15 is 0 Å². The molecule has 0 amide bonds. The van der Waals surface area contributed by atoms with Crippen molar-refractivity contribution in [3.8, 4) is 5.75 Å². The Morgan fingerprint density at radius 3 is 2.59 bits per heavy atom. The number of aromatic carboxylic acids is 1. The van der Waals surface area contributed by atoms with E-state index in [9.17, 15) is 4.79 Å². The van der Waals surface area contributed by atoms with Gasteiger partial charge in [0.05, 0.1) is 19.8 Å². The molecule has 1 aromatic carbocycles. The van der Waals surface area contributed by atoms with Crippen LogP contribution in [-0.2, 0) is 9.47 Å². The summed E-state index contributed by atoms with van der Waals surface area (Å²) in [4.78, 5) is 10.9. The molecule has 0 aliphatic carbocycles. The molecule has 94 valence electrons. The van der Waals surface area contributed by atoms with Crippen molar-refractivity contribution in [2.45, 2.75) is 0 Å². The van der Waals surface area contributed by atoms with Gasteiger partial charge in [-0.2, -0.15) is 0 Å². The van der Waals surface area contributed by atoms with Crippen molar-refractivity contribution >= 4 is 5.97 Å². The van der Waals surface area contributed by atoms with Crippen molar-refractivity contribution in [2.75, 3.05) is 33.5 Å². The van der Waals surface area contributed by atoms with E-state index in [1.54, 1.807) is 25.3 Å². The van der Waals surface area contributed by atoms with E-state index in [0.717, 1.165) is 0 Å². The molecule has 0 spiro atoms. The molecule has 0 aliphatic heterocycles. The van der Waals surface area contributed by atoms with Crippen molar-refractivity contribution in [3.05, 3.63) is 29.8 Å².